The molecule has 8 heteroatoms. The van der Waals surface area contributed by atoms with Gasteiger partial charge < -0.3 is 21.2 Å². The van der Waals surface area contributed by atoms with Crippen LogP contribution in [0.4, 0.5) is 5.69 Å². The van der Waals surface area contributed by atoms with Crippen LogP contribution in [0.2, 0.25) is 10.0 Å². The highest BCUT2D eigenvalue weighted by Crippen LogP contribution is 2.34. The van der Waals surface area contributed by atoms with Gasteiger partial charge in [-0.2, -0.15) is 0 Å². The molecule has 1 heterocycles. The van der Waals surface area contributed by atoms with Crippen LogP contribution in [-0.2, 0) is 4.79 Å². The van der Waals surface area contributed by atoms with Gasteiger partial charge in [0.2, 0.25) is 11.7 Å². The molecule has 6 nitrogen and oxygen atoms in total. The van der Waals surface area contributed by atoms with Gasteiger partial charge in [0.05, 0.1) is 17.3 Å². The Morgan fingerprint density at radius 3 is 2.69 bits per heavy atom. The van der Waals surface area contributed by atoms with E-state index in [2.05, 4.69) is 5.32 Å². The number of furan rings is 1. The first-order valence-electron chi connectivity index (χ1n) is 9.78. The van der Waals surface area contributed by atoms with Crippen molar-refractivity contribution in [1.82, 2.24) is 5.32 Å². The van der Waals surface area contributed by atoms with E-state index in [0.29, 0.717) is 28.1 Å². The van der Waals surface area contributed by atoms with E-state index >= 15 is 0 Å². The quantitative estimate of drug-likeness (QED) is 0.464. The van der Waals surface area contributed by atoms with Crippen molar-refractivity contribution in [3.05, 3.63) is 93.3 Å². The molecule has 0 saturated heterocycles. The summed E-state index contributed by atoms with van der Waals surface area (Å²) >= 11 is 12.1. The van der Waals surface area contributed by atoms with E-state index in [1.807, 2.05) is 36.4 Å². The molecule has 32 heavy (non-hydrogen) atoms. The normalized spacial score (nSPS) is 13.5. The zero-order valence-electron chi connectivity index (χ0n) is 16.8. The number of fused-ring (bicyclic) bond motifs is 1. The maximum atomic E-state index is 13.0. The number of amides is 1. The van der Waals surface area contributed by atoms with Crippen LogP contribution >= 0.6 is 23.2 Å². The van der Waals surface area contributed by atoms with Gasteiger partial charge in [-0.3, -0.25) is 9.59 Å². The largest absolute Gasteiger partial charge is 0.450 e. The summed E-state index contributed by atoms with van der Waals surface area (Å²) in [7, 11) is 0. The molecule has 0 atom stereocenters. The monoisotopic (exact) mass is 467 g/mol. The van der Waals surface area contributed by atoms with Crippen LogP contribution in [0.3, 0.4) is 0 Å². The van der Waals surface area contributed by atoms with Gasteiger partial charge in [0.1, 0.15) is 5.58 Å². The molecular weight excluding hydrogens is 449 g/mol. The molecular formula is C24H19Cl2N3O3. The third-order valence-corrected chi connectivity index (χ3v) is 5.54. The third kappa shape index (κ3) is 4.34. The first-order chi connectivity index (χ1) is 15.4. The average molecular weight is 468 g/mol. The second-order valence-electron chi connectivity index (χ2n) is 7.16. The molecule has 0 radical (unpaired) electrons. The summed E-state index contributed by atoms with van der Waals surface area (Å²) in [6, 6.07) is 10.1. The Kier molecular flexibility index (Phi) is 6.19. The summed E-state index contributed by atoms with van der Waals surface area (Å²) in [6.07, 6.45) is 8.32. The zero-order valence-corrected chi connectivity index (χ0v) is 18.3. The van der Waals surface area contributed by atoms with Gasteiger partial charge in [0.25, 0.3) is 0 Å². The van der Waals surface area contributed by atoms with Crippen LogP contribution in [0.15, 0.2) is 70.8 Å². The lowest BCUT2D eigenvalue weighted by atomic mass is 10.0. The van der Waals surface area contributed by atoms with Crippen LogP contribution in [0.25, 0.3) is 16.5 Å². The summed E-state index contributed by atoms with van der Waals surface area (Å²) in [4.78, 5) is 24.7. The molecule has 0 unspecified atom stereocenters. The fraction of sp³-hybridized carbons (Fsp3) is 0.0833. The summed E-state index contributed by atoms with van der Waals surface area (Å²) in [6.45, 7) is -0.101. The van der Waals surface area contributed by atoms with Crippen LogP contribution < -0.4 is 16.8 Å². The lowest BCUT2D eigenvalue weighted by Gasteiger charge is -2.06. The standard InChI is InChI=1S/C24H19Cl2N3O3/c25-15-6-8-17(19(26)11-15)23(31)24-22(28)18-7-5-14(10-20(18)32-24)13-3-1-2-4-16(9-13)29-21(30)12-27/h2-11H,1,12,27-28H2,(H,29,30). The molecule has 162 valence electrons. The van der Waals surface area contributed by atoms with Crippen LogP contribution in [0, 0.1) is 0 Å². The molecule has 5 N–H and O–H groups in total. The van der Waals surface area contributed by atoms with Crippen molar-refractivity contribution in [2.75, 3.05) is 12.3 Å². The topological polar surface area (TPSA) is 111 Å². The summed E-state index contributed by atoms with van der Waals surface area (Å²) in [5.74, 6) is -0.684. The van der Waals surface area contributed by atoms with Gasteiger partial charge in [-0.05, 0) is 60.0 Å². The number of nitrogen functional groups attached to an aromatic ring is 1. The first kappa shape index (κ1) is 21.9. The number of hydrogen-bond donors (Lipinski definition) is 3. The third-order valence-electron chi connectivity index (χ3n) is 5.00. The van der Waals surface area contributed by atoms with E-state index < -0.39 is 5.78 Å². The molecule has 0 spiro atoms. The van der Waals surface area contributed by atoms with Crippen molar-refractivity contribution in [2.24, 2.45) is 5.73 Å². The zero-order chi connectivity index (χ0) is 22.8. The molecule has 0 fully saturated rings. The first-order valence-corrected chi connectivity index (χ1v) is 10.5. The number of rotatable bonds is 5. The van der Waals surface area contributed by atoms with E-state index in [9.17, 15) is 9.59 Å². The maximum Gasteiger partial charge on any atom is 0.238 e. The minimum atomic E-state index is -0.425. The maximum absolute atomic E-state index is 13.0. The Balaban J connectivity index is 1.71. The lowest BCUT2D eigenvalue weighted by molar-refractivity contribution is -0.118. The summed E-state index contributed by atoms with van der Waals surface area (Å²) in [5.41, 5.74) is 14.9. The van der Waals surface area contributed by atoms with Crippen molar-refractivity contribution in [3.63, 3.8) is 0 Å². The molecule has 0 saturated carbocycles. The van der Waals surface area contributed by atoms with E-state index in [-0.39, 0.29) is 34.5 Å². The van der Waals surface area contributed by atoms with Gasteiger partial charge >= 0.3 is 0 Å². The van der Waals surface area contributed by atoms with Crippen LogP contribution in [0.5, 0.6) is 0 Å². The smallest absolute Gasteiger partial charge is 0.238 e. The van der Waals surface area contributed by atoms with Crippen LogP contribution in [0.1, 0.15) is 28.1 Å². The molecule has 0 aliphatic heterocycles. The Morgan fingerprint density at radius 1 is 1.12 bits per heavy atom. The van der Waals surface area contributed by atoms with Crippen molar-refractivity contribution < 1.29 is 14.0 Å². The average Bonchev–Trinajstić information content (AvgIpc) is 2.94. The summed E-state index contributed by atoms with van der Waals surface area (Å²) < 4.78 is 5.86. The number of nitrogens with two attached hydrogens (primary N) is 2. The van der Waals surface area contributed by atoms with Gasteiger partial charge in [-0.1, -0.05) is 41.4 Å². The lowest BCUT2D eigenvalue weighted by Crippen LogP contribution is -2.29. The van der Waals surface area contributed by atoms with E-state index in [1.54, 1.807) is 12.1 Å². The molecule has 0 bridgehead atoms. The number of allylic oxidation sites excluding steroid dienone is 5. The fourth-order valence-corrected chi connectivity index (χ4v) is 3.91. The minimum Gasteiger partial charge on any atom is -0.450 e. The van der Waals surface area contributed by atoms with Gasteiger partial charge in [-0.25, -0.2) is 0 Å². The Bertz CT molecular complexity index is 1340. The van der Waals surface area contributed by atoms with E-state index in [0.717, 1.165) is 11.1 Å². The number of ketones is 1. The number of halogens is 2. The van der Waals surface area contributed by atoms with Crippen molar-refractivity contribution in [1.29, 1.82) is 0 Å². The van der Waals surface area contributed by atoms with Crippen molar-refractivity contribution in [2.45, 2.75) is 6.42 Å². The number of carbonyl (C=O) groups excluding carboxylic acids is 2. The fourth-order valence-electron chi connectivity index (χ4n) is 3.42. The highest BCUT2D eigenvalue weighted by molar-refractivity contribution is 6.37. The number of benzene rings is 2. The molecule has 1 aliphatic rings. The van der Waals surface area contributed by atoms with E-state index in [4.69, 9.17) is 39.1 Å². The predicted octanol–water partition coefficient (Wildman–Crippen LogP) is 4.85. The molecule has 1 amide bonds. The van der Waals surface area contributed by atoms with Crippen molar-refractivity contribution >= 4 is 57.1 Å². The van der Waals surface area contributed by atoms with E-state index in [1.165, 1.54) is 12.1 Å². The van der Waals surface area contributed by atoms with Gasteiger partial charge in [-0.15, -0.1) is 0 Å². The van der Waals surface area contributed by atoms with Gasteiger partial charge in [0.15, 0.2) is 5.76 Å². The SMILES string of the molecule is NCC(=O)NC1=CC(c2ccc3c(N)c(C(=O)c4ccc(Cl)cc4Cl)oc3c2)=CCC=C1. The highest BCUT2D eigenvalue weighted by atomic mass is 35.5. The molecule has 4 rings (SSSR count). The van der Waals surface area contributed by atoms with Gasteiger partial charge in [0, 0.05) is 21.7 Å². The second kappa shape index (κ2) is 9.04. The summed E-state index contributed by atoms with van der Waals surface area (Å²) in [5, 5.41) is 4.03. The Labute approximate surface area is 194 Å². The molecule has 3 aromatic rings. The number of nitrogens with one attached hydrogen (secondary N) is 1. The predicted molar refractivity (Wildman–Crippen MR) is 128 cm³/mol. The number of anilines is 1. The van der Waals surface area contributed by atoms with Crippen LogP contribution in [-0.4, -0.2) is 18.2 Å². The Hall–Kier alpha value is -3.32. The minimum absolute atomic E-state index is 0.0179. The molecule has 1 aliphatic carbocycles. The Morgan fingerprint density at radius 2 is 1.94 bits per heavy atom. The number of carbonyl (C=O) groups is 2. The molecule has 1 aromatic heterocycles. The number of hydrogen-bond acceptors (Lipinski definition) is 5. The molecule has 2 aromatic carbocycles. The second-order valence-corrected chi connectivity index (χ2v) is 8.00. The van der Waals surface area contributed by atoms with Crippen molar-refractivity contribution in [3.8, 4) is 0 Å². The highest BCUT2D eigenvalue weighted by Gasteiger charge is 2.22.